The predicted octanol–water partition coefficient (Wildman–Crippen LogP) is 6.22. The van der Waals surface area contributed by atoms with Gasteiger partial charge in [0.2, 0.25) is 5.91 Å². The SMILES string of the molecule is Cc1ccc(CN(Cc2ccccc2)C(=O)CN(CC(C)C)C(=O)c2ccc(Cl)cc2Cl)o1. The third-order valence-electron chi connectivity index (χ3n) is 5.07. The van der Waals surface area contributed by atoms with Crippen molar-refractivity contribution in [2.75, 3.05) is 13.1 Å². The second-order valence-corrected chi connectivity index (χ2v) is 9.30. The van der Waals surface area contributed by atoms with Gasteiger partial charge in [0.1, 0.15) is 18.1 Å². The van der Waals surface area contributed by atoms with Crippen LogP contribution in [0.5, 0.6) is 0 Å². The second kappa shape index (κ2) is 11.4. The number of nitrogens with zero attached hydrogens (tertiary/aromatic N) is 2. The molecule has 5 nitrogen and oxygen atoms in total. The first-order chi connectivity index (χ1) is 15.7. The molecule has 0 aliphatic carbocycles. The van der Waals surface area contributed by atoms with E-state index in [0.717, 1.165) is 11.3 Å². The molecule has 0 aliphatic rings. The van der Waals surface area contributed by atoms with Gasteiger partial charge in [-0.15, -0.1) is 0 Å². The Morgan fingerprint density at radius 2 is 1.67 bits per heavy atom. The Hall–Kier alpha value is -2.76. The van der Waals surface area contributed by atoms with E-state index in [1.807, 2.05) is 63.2 Å². The molecule has 0 unspecified atom stereocenters. The highest BCUT2D eigenvalue weighted by atomic mass is 35.5. The second-order valence-electron chi connectivity index (χ2n) is 8.45. The van der Waals surface area contributed by atoms with Gasteiger partial charge in [0.05, 0.1) is 17.1 Å². The average Bonchev–Trinajstić information content (AvgIpc) is 3.17. The molecule has 0 N–H and O–H groups in total. The first-order valence-electron chi connectivity index (χ1n) is 10.8. The Labute approximate surface area is 204 Å². The van der Waals surface area contributed by atoms with Crippen LogP contribution in [0.15, 0.2) is 65.1 Å². The van der Waals surface area contributed by atoms with Crippen LogP contribution in [0, 0.1) is 12.8 Å². The Bertz CT molecular complexity index is 1100. The summed E-state index contributed by atoms with van der Waals surface area (Å²) in [7, 11) is 0. The van der Waals surface area contributed by atoms with Crippen molar-refractivity contribution < 1.29 is 14.0 Å². The summed E-state index contributed by atoms with van der Waals surface area (Å²) < 4.78 is 5.71. The first-order valence-corrected chi connectivity index (χ1v) is 11.6. The van der Waals surface area contributed by atoms with Crippen LogP contribution in [0.3, 0.4) is 0 Å². The van der Waals surface area contributed by atoms with Crippen LogP contribution in [0.25, 0.3) is 0 Å². The molecule has 3 aromatic rings. The molecule has 0 aliphatic heterocycles. The number of carbonyl (C=O) groups is 2. The number of hydrogen-bond acceptors (Lipinski definition) is 3. The van der Waals surface area contributed by atoms with Gasteiger partial charge in [-0.3, -0.25) is 9.59 Å². The third-order valence-corrected chi connectivity index (χ3v) is 5.62. The van der Waals surface area contributed by atoms with Gasteiger partial charge in [-0.2, -0.15) is 0 Å². The van der Waals surface area contributed by atoms with Gasteiger partial charge in [0.25, 0.3) is 5.91 Å². The Balaban J connectivity index is 1.84. The van der Waals surface area contributed by atoms with E-state index < -0.39 is 0 Å². The first kappa shape index (κ1) is 24.9. The van der Waals surface area contributed by atoms with Crippen molar-refractivity contribution in [3.05, 3.63) is 93.4 Å². The number of benzene rings is 2. The van der Waals surface area contributed by atoms with Gasteiger partial charge < -0.3 is 14.2 Å². The summed E-state index contributed by atoms with van der Waals surface area (Å²) in [6, 6.07) is 18.2. The largest absolute Gasteiger partial charge is 0.464 e. The molecule has 0 radical (unpaired) electrons. The molecule has 0 atom stereocenters. The fourth-order valence-corrected chi connectivity index (χ4v) is 4.04. The highest BCUT2D eigenvalue weighted by molar-refractivity contribution is 6.36. The predicted molar refractivity (Wildman–Crippen MR) is 131 cm³/mol. The van der Waals surface area contributed by atoms with Crippen molar-refractivity contribution in [1.82, 2.24) is 9.80 Å². The van der Waals surface area contributed by atoms with Gasteiger partial charge in [-0.05, 0) is 48.7 Å². The van der Waals surface area contributed by atoms with E-state index in [0.29, 0.717) is 36.0 Å². The summed E-state index contributed by atoms with van der Waals surface area (Å²) in [6.45, 7) is 6.94. The van der Waals surface area contributed by atoms with Gasteiger partial charge in [0.15, 0.2) is 0 Å². The van der Waals surface area contributed by atoms with Gasteiger partial charge in [0, 0.05) is 18.1 Å². The lowest BCUT2D eigenvalue weighted by Gasteiger charge is -2.29. The quantitative estimate of drug-likeness (QED) is 0.360. The van der Waals surface area contributed by atoms with Crippen LogP contribution < -0.4 is 0 Å². The van der Waals surface area contributed by atoms with Crippen molar-refractivity contribution in [3.8, 4) is 0 Å². The molecule has 1 aromatic heterocycles. The molecule has 0 saturated carbocycles. The number of carbonyl (C=O) groups excluding carboxylic acids is 2. The normalized spacial score (nSPS) is 11.0. The number of furan rings is 1. The highest BCUT2D eigenvalue weighted by Crippen LogP contribution is 2.23. The molecule has 2 aromatic carbocycles. The lowest BCUT2D eigenvalue weighted by atomic mass is 10.1. The molecular weight excluding hydrogens is 459 g/mol. The van der Waals surface area contributed by atoms with Crippen LogP contribution >= 0.6 is 23.2 Å². The molecule has 0 spiro atoms. The maximum Gasteiger partial charge on any atom is 0.255 e. The van der Waals surface area contributed by atoms with Crippen LogP contribution in [-0.2, 0) is 17.9 Å². The molecule has 0 bridgehead atoms. The van der Waals surface area contributed by atoms with E-state index in [2.05, 4.69) is 0 Å². The number of amides is 2. The van der Waals surface area contributed by atoms with Crippen LogP contribution in [-0.4, -0.2) is 34.7 Å². The van der Waals surface area contributed by atoms with E-state index in [-0.39, 0.29) is 29.3 Å². The number of aryl methyl sites for hydroxylation is 1. The lowest BCUT2D eigenvalue weighted by molar-refractivity contribution is -0.133. The maximum atomic E-state index is 13.5. The topological polar surface area (TPSA) is 53.8 Å². The number of hydrogen-bond donors (Lipinski definition) is 0. The summed E-state index contributed by atoms with van der Waals surface area (Å²) in [4.78, 5) is 30.0. The van der Waals surface area contributed by atoms with Crippen molar-refractivity contribution in [1.29, 1.82) is 0 Å². The number of halogens is 2. The molecule has 7 heteroatoms. The molecule has 2 amide bonds. The molecular formula is C26H28Cl2N2O3. The van der Waals surface area contributed by atoms with E-state index in [4.69, 9.17) is 27.6 Å². The van der Waals surface area contributed by atoms with Crippen LogP contribution in [0.2, 0.25) is 10.0 Å². The van der Waals surface area contributed by atoms with Crippen LogP contribution in [0.1, 0.15) is 41.3 Å². The molecule has 174 valence electrons. The Kier molecular flexibility index (Phi) is 8.59. The van der Waals surface area contributed by atoms with Gasteiger partial charge in [-0.25, -0.2) is 0 Å². The number of rotatable bonds is 9. The van der Waals surface area contributed by atoms with Gasteiger partial charge in [-0.1, -0.05) is 67.4 Å². The summed E-state index contributed by atoms with van der Waals surface area (Å²) in [5.41, 5.74) is 1.32. The average molecular weight is 487 g/mol. The molecule has 0 fully saturated rings. The van der Waals surface area contributed by atoms with E-state index >= 15 is 0 Å². The Morgan fingerprint density at radius 1 is 0.939 bits per heavy atom. The highest BCUT2D eigenvalue weighted by Gasteiger charge is 2.25. The fraction of sp³-hybridized carbons (Fsp3) is 0.308. The minimum Gasteiger partial charge on any atom is -0.464 e. The summed E-state index contributed by atoms with van der Waals surface area (Å²) in [5, 5.41) is 0.715. The molecule has 0 saturated heterocycles. The lowest BCUT2D eigenvalue weighted by Crippen LogP contribution is -2.44. The Morgan fingerprint density at radius 3 is 2.27 bits per heavy atom. The van der Waals surface area contributed by atoms with Gasteiger partial charge >= 0.3 is 0 Å². The zero-order chi connectivity index (χ0) is 24.0. The van der Waals surface area contributed by atoms with Crippen LogP contribution in [0.4, 0.5) is 0 Å². The zero-order valence-electron chi connectivity index (χ0n) is 19.1. The fourth-order valence-electron chi connectivity index (χ4n) is 3.55. The van der Waals surface area contributed by atoms with Crippen molar-refractivity contribution >= 4 is 35.0 Å². The minimum absolute atomic E-state index is 0.0670. The summed E-state index contributed by atoms with van der Waals surface area (Å²) >= 11 is 12.3. The molecule has 3 rings (SSSR count). The maximum absolute atomic E-state index is 13.5. The van der Waals surface area contributed by atoms with Crippen molar-refractivity contribution in [2.24, 2.45) is 5.92 Å². The van der Waals surface area contributed by atoms with E-state index in [1.165, 1.54) is 6.07 Å². The van der Waals surface area contributed by atoms with E-state index in [1.54, 1.807) is 21.9 Å². The summed E-state index contributed by atoms with van der Waals surface area (Å²) in [5.74, 6) is 1.17. The smallest absolute Gasteiger partial charge is 0.255 e. The van der Waals surface area contributed by atoms with Crippen molar-refractivity contribution in [3.63, 3.8) is 0 Å². The zero-order valence-corrected chi connectivity index (χ0v) is 20.6. The summed E-state index contributed by atoms with van der Waals surface area (Å²) in [6.07, 6.45) is 0. The third kappa shape index (κ3) is 7.11. The van der Waals surface area contributed by atoms with E-state index in [9.17, 15) is 9.59 Å². The van der Waals surface area contributed by atoms with Crippen molar-refractivity contribution in [2.45, 2.75) is 33.9 Å². The molecule has 33 heavy (non-hydrogen) atoms. The monoisotopic (exact) mass is 486 g/mol. The standard InChI is InChI=1S/C26H28Cl2N2O3/c1-18(2)14-30(26(32)23-12-10-21(27)13-24(23)28)17-25(31)29(15-20-7-5-4-6-8-20)16-22-11-9-19(3)33-22/h4-13,18H,14-17H2,1-3H3. The minimum atomic E-state index is -0.299. The molecule has 1 heterocycles.